The van der Waals surface area contributed by atoms with Gasteiger partial charge in [0.15, 0.2) is 0 Å². The van der Waals surface area contributed by atoms with E-state index in [0.717, 1.165) is 11.1 Å². The third kappa shape index (κ3) is 3.34. The van der Waals surface area contributed by atoms with Gasteiger partial charge in [-0.2, -0.15) is 0 Å². The second kappa shape index (κ2) is 6.90. The van der Waals surface area contributed by atoms with Crippen LogP contribution in [0.25, 0.3) is 0 Å². The molecule has 1 heterocycles. The lowest BCUT2D eigenvalue weighted by atomic mass is 9.88. The fraction of sp³-hybridized carbons (Fsp3) is 0.286. The average Bonchev–Trinajstić information content (AvgIpc) is 2.90. The van der Waals surface area contributed by atoms with Crippen LogP contribution in [0.5, 0.6) is 0 Å². The van der Waals surface area contributed by atoms with E-state index in [0.29, 0.717) is 6.42 Å². The molecule has 3 heteroatoms. The Morgan fingerprint density at radius 3 is 2.46 bits per heavy atom. The van der Waals surface area contributed by atoms with Gasteiger partial charge in [-0.1, -0.05) is 59.9 Å². The summed E-state index contributed by atoms with van der Waals surface area (Å²) < 4.78 is 0. The van der Waals surface area contributed by atoms with Gasteiger partial charge < -0.3 is 10.0 Å². The molecule has 1 fully saturated rings. The molecular weight excluding hydrogens is 298 g/mol. The summed E-state index contributed by atoms with van der Waals surface area (Å²) in [5.41, 5.74) is 3.10. The summed E-state index contributed by atoms with van der Waals surface area (Å²) in [7, 11) is 1.74. The number of likely N-dealkylation sites (N-methyl/N-ethyl adjacent to an activating group) is 1. The summed E-state index contributed by atoms with van der Waals surface area (Å²) >= 11 is 0. The molecule has 1 amide bonds. The van der Waals surface area contributed by atoms with Gasteiger partial charge in [0, 0.05) is 24.9 Å². The predicted octanol–water partition coefficient (Wildman–Crippen LogP) is 2.72. The van der Waals surface area contributed by atoms with Gasteiger partial charge in [-0.3, -0.25) is 4.79 Å². The highest BCUT2D eigenvalue weighted by molar-refractivity contribution is 5.80. The standard InChI is InChI=1S/C21H21NO2/c1-15-8-10-16(11-9-15)12-13-19(23)21-18(14-20(24)22(21)2)17-6-4-3-5-7-17/h3-11,18-19,21,23H,14H2,1-2H3/t18-,19+,21-/m1/s1. The number of benzene rings is 2. The maximum atomic E-state index is 12.2. The van der Waals surface area contributed by atoms with Crippen molar-refractivity contribution in [2.24, 2.45) is 0 Å². The fourth-order valence-corrected chi connectivity index (χ4v) is 3.22. The van der Waals surface area contributed by atoms with Crippen LogP contribution in [0, 0.1) is 18.8 Å². The first-order chi connectivity index (χ1) is 11.6. The molecule has 3 nitrogen and oxygen atoms in total. The number of likely N-dealkylation sites (tertiary alicyclic amines) is 1. The zero-order valence-corrected chi connectivity index (χ0v) is 13.9. The van der Waals surface area contributed by atoms with Gasteiger partial charge in [-0.05, 0) is 24.6 Å². The number of aliphatic hydroxyl groups is 1. The van der Waals surface area contributed by atoms with Crippen molar-refractivity contribution in [3.8, 4) is 11.8 Å². The fourth-order valence-electron chi connectivity index (χ4n) is 3.22. The summed E-state index contributed by atoms with van der Waals surface area (Å²) in [6, 6.07) is 17.4. The van der Waals surface area contributed by atoms with Crippen molar-refractivity contribution >= 4 is 5.91 Å². The summed E-state index contributed by atoms with van der Waals surface area (Å²) in [6.45, 7) is 2.02. The number of hydrogen-bond donors (Lipinski definition) is 1. The molecular formula is C21H21NO2. The third-order valence-electron chi connectivity index (χ3n) is 4.61. The molecule has 1 saturated heterocycles. The zero-order valence-electron chi connectivity index (χ0n) is 13.9. The first-order valence-electron chi connectivity index (χ1n) is 8.13. The van der Waals surface area contributed by atoms with Crippen LogP contribution in [-0.4, -0.2) is 35.1 Å². The summed E-state index contributed by atoms with van der Waals surface area (Å²) in [6.07, 6.45) is -0.470. The van der Waals surface area contributed by atoms with Crippen molar-refractivity contribution in [2.75, 3.05) is 7.05 Å². The Hall–Kier alpha value is -2.57. The molecule has 1 N–H and O–H groups in total. The van der Waals surface area contributed by atoms with Gasteiger partial charge in [0.1, 0.15) is 6.10 Å². The van der Waals surface area contributed by atoms with E-state index in [-0.39, 0.29) is 17.9 Å². The van der Waals surface area contributed by atoms with Crippen LogP contribution in [0.2, 0.25) is 0 Å². The smallest absolute Gasteiger partial charge is 0.223 e. The molecule has 0 unspecified atom stereocenters. The molecule has 122 valence electrons. The minimum absolute atomic E-state index is 0.0361. The number of nitrogens with zero attached hydrogens (tertiary/aromatic N) is 1. The van der Waals surface area contributed by atoms with Crippen LogP contribution in [0.3, 0.4) is 0 Å². The normalized spacial score (nSPS) is 21.3. The number of carbonyl (C=O) groups excluding carboxylic acids is 1. The number of rotatable bonds is 2. The van der Waals surface area contributed by atoms with Gasteiger partial charge in [0.05, 0.1) is 6.04 Å². The average molecular weight is 319 g/mol. The molecule has 0 saturated carbocycles. The minimum atomic E-state index is -0.882. The van der Waals surface area contributed by atoms with E-state index >= 15 is 0 Å². The van der Waals surface area contributed by atoms with Gasteiger partial charge in [-0.25, -0.2) is 0 Å². The number of hydrogen-bond acceptors (Lipinski definition) is 2. The first kappa shape index (κ1) is 16.3. The van der Waals surface area contributed by atoms with Crippen molar-refractivity contribution in [3.63, 3.8) is 0 Å². The van der Waals surface area contributed by atoms with E-state index in [1.54, 1.807) is 11.9 Å². The number of aliphatic hydroxyl groups excluding tert-OH is 1. The summed E-state index contributed by atoms with van der Waals surface area (Å²) in [5.74, 6) is 5.95. The maximum Gasteiger partial charge on any atom is 0.223 e. The largest absolute Gasteiger partial charge is 0.378 e. The third-order valence-corrected chi connectivity index (χ3v) is 4.61. The zero-order chi connectivity index (χ0) is 17.1. The van der Waals surface area contributed by atoms with Crippen LogP contribution in [-0.2, 0) is 4.79 Å². The lowest BCUT2D eigenvalue weighted by Gasteiger charge is -2.27. The van der Waals surface area contributed by atoms with Gasteiger partial charge >= 0.3 is 0 Å². The van der Waals surface area contributed by atoms with Crippen LogP contribution < -0.4 is 0 Å². The molecule has 24 heavy (non-hydrogen) atoms. The Morgan fingerprint density at radius 2 is 1.79 bits per heavy atom. The molecule has 0 aromatic heterocycles. The van der Waals surface area contributed by atoms with Gasteiger partial charge in [0.2, 0.25) is 5.91 Å². The van der Waals surface area contributed by atoms with Crippen LogP contribution in [0.1, 0.15) is 29.0 Å². The monoisotopic (exact) mass is 319 g/mol. The highest BCUT2D eigenvalue weighted by Crippen LogP contribution is 2.35. The number of aryl methyl sites for hydroxylation is 1. The van der Waals surface area contributed by atoms with Crippen LogP contribution in [0.15, 0.2) is 54.6 Å². The second-order valence-corrected chi connectivity index (χ2v) is 6.30. The van der Waals surface area contributed by atoms with Crippen molar-refractivity contribution in [3.05, 3.63) is 71.3 Å². The quantitative estimate of drug-likeness (QED) is 0.865. The molecule has 0 radical (unpaired) electrons. The summed E-state index contributed by atoms with van der Waals surface area (Å²) in [5, 5.41) is 10.6. The molecule has 3 atom stereocenters. The Balaban J connectivity index is 1.85. The van der Waals surface area contributed by atoms with Crippen molar-refractivity contribution < 1.29 is 9.90 Å². The van der Waals surface area contributed by atoms with Gasteiger partial charge in [0.25, 0.3) is 0 Å². The Bertz CT molecular complexity index is 771. The molecule has 3 rings (SSSR count). The molecule has 0 bridgehead atoms. The predicted molar refractivity (Wildman–Crippen MR) is 94.4 cm³/mol. The lowest BCUT2D eigenvalue weighted by Crippen LogP contribution is -2.40. The van der Waals surface area contributed by atoms with Crippen LogP contribution >= 0.6 is 0 Å². The van der Waals surface area contributed by atoms with Crippen molar-refractivity contribution in [1.29, 1.82) is 0 Å². The second-order valence-electron chi connectivity index (χ2n) is 6.30. The van der Waals surface area contributed by atoms with Crippen molar-refractivity contribution in [1.82, 2.24) is 4.90 Å². The molecule has 2 aromatic rings. The van der Waals surface area contributed by atoms with E-state index in [9.17, 15) is 9.90 Å². The van der Waals surface area contributed by atoms with E-state index < -0.39 is 6.10 Å². The number of amides is 1. The Labute approximate surface area is 142 Å². The molecule has 2 aromatic carbocycles. The van der Waals surface area contributed by atoms with E-state index in [1.807, 2.05) is 61.5 Å². The highest BCUT2D eigenvalue weighted by Gasteiger charge is 2.41. The maximum absolute atomic E-state index is 12.2. The molecule has 1 aliphatic rings. The van der Waals surface area contributed by atoms with E-state index in [1.165, 1.54) is 5.56 Å². The first-order valence-corrected chi connectivity index (χ1v) is 8.13. The molecule has 0 aliphatic carbocycles. The summed E-state index contributed by atoms with van der Waals surface area (Å²) in [4.78, 5) is 13.8. The van der Waals surface area contributed by atoms with E-state index in [2.05, 4.69) is 11.8 Å². The van der Waals surface area contributed by atoms with Crippen molar-refractivity contribution in [2.45, 2.75) is 31.4 Å². The molecule has 1 aliphatic heterocycles. The molecule has 0 spiro atoms. The number of carbonyl (C=O) groups is 1. The highest BCUT2D eigenvalue weighted by atomic mass is 16.3. The lowest BCUT2D eigenvalue weighted by molar-refractivity contribution is -0.128. The Kier molecular flexibility index (Phi) is 4.69. The topological polar surface area (TPSA) is 40.5 Å². The minimum Gasteiger partial charge on any atom is -0.378 e. The van der Waals surface area contributed by atoms with Crippen LogP contribution in [0.4, 0.5) is 0 Å². The SMILES string of the molecule is Cc1ccc(C#C[C@H](O)[C@H]2[C@@H](c3ccccc3)CC(=O)N2C)cc1. The van der Waals surface area contributed by atoms with Gasteiger partial charge in [-0.15, -0.1) is 0 Å². The van der Waals surface area contributed by atoms with E-state index in [4.69, 9.17) is 0 Å². The Morgan fingerprint density at radius 1 is 1.12 bits per heavy atom.